The molecule has 2 aromatic rings. The van der Waals surface area contributed by atoms with Crippen LogP contribution in [0.5, 0.6) is 11.5 Å². The molecule has 0 saturated heterocycles. The maximum absolute atomic E-state index is 9.29. The van der Waals surface area contributed by atoms with Gasteiger partial charge in [0.05, 0.1) is 0 Å². The zero-order valence-corrected chi connectivity index (χ0v) is 11.4. The Labute approximate surface area is 114 Å². The summed E-state index contributed by atoms with van der Waals surface area (Å²) in [7, 11) is 0. The van der Waals surface area contributed by atoms with Crippen molar-refractivity contribution >= 4 is 0 Å². The summed E-state index contributed by atoms with van der Waals surface area (Å²) in [4.78, 5) is 0. The molecule has 0 unspecified atom stereocenters. The molecule has 100 valence electrons. The Morgan fingerprint density at radius 2 is 1.00 bits per heavy atom. The second kappa shape index (κ2) is 5.35. The van der Waals surface area contributed by atoms with Gasteiger partial charge in [-0.25, -0.2) is 0 Å². The zero-order chi connectivity index (χ0) is 13.9. The van der Waals surface area contributed by atoms with E-state index in [1.54, 1.807) is 24.3 Å². The minimum atomic E-state index is 0.133. The average molecular weight is 256 g/mol. The minimum absolute atomic E-state index is 0.133. The molecule has 0 heterocycles. The first kappa shape index (κ1) is 13.5. The van der Waals surface area contributed by atoms with Crippen molar-refractivity contribution < 1.29 is 10.2 Å². The summed E-state index contributed by atoms with van der Waals surface area (Å²) in [6.07, 6.45) is 1.91. The number of benzene rings is 2. The lowest BCUT2D eigenvalue weighted by Crippen LogP contribution is -2.18. The quantitative estimate of drug-likeness (QED) is 0.870. The summed E-state index contributed by atoms with van der Waals surface area (Å²) >= 11 is 0. The average Bonchev–Trinajstić information content (AvgIpc) is 2.34. The van der Waals surface area contributed by atoms with Crippen molar-refractivity contribution in [2.24, 2.45) is 5.41 Å². The highest BCUT2D eigenvalue weighted by molar-refractivity contribution is 5.28. The molecule has 0 aliphatic heterocycles. The fourth-order valence-corrected chi connectivity index (χ4v) is 2.40. The van der Waals surface area contributed by atoms with Gasteiger partial charge in [0.2, 0.25) is 0 Å². The molecular formula is C17H20O2. The van der Waals surface area contributed by atoms with Crippen molar-refractivity contribution in [3.05, 3.63) is 59.7 Å². The largest absolute Gasteiger partial charge is 0.508 e. The van der Waals surface area contributed by atoms with E-state index in [9.17, 15) is 10.2 Å². The van der Waals surface area contributed by atoms with Crippen LogP contribution in [-0.4, -0.2) is 10.2 Å². The van der Waals surface area contributed by atoms with E-state index in [0.717, 1.165) is 12.8 Å². The Balaban J connectivity index is 2.05. The normalized spacial score (nSPS) is 11.5. The van der Waals surface area contributed by atoms with Crippen LogP contribution in [0, 0.1) is 5.41 Å². The summed E-state index contributed by atoms with van der Waals surface area (Å²) in [5, 5.41) is 18.6. The van der Waals surface area contributed by atoms with Gasteiger partial charge in [-0.15, -0.1) is 0 Å². The molecule has 19 heavy (non-hydrogen) atoms. The molecule has 0 atom stereocenters. The van der Waals surface area contributed by atoms with E-state index in [2.05, 4.69) is 13.8 Å². The molecule has 2 heteroatoms. The van der Waals surface area contributed by atoms with Gasteiger partial charge in [-0.3, -0.25) is 0 Å². The summed E-state index contributed by atoms with van der Waals surface area (Å²) in [6.45, 7) is 4.46. The molecule has 0 aliphatic carbocycles. The maximum atomic E-state index is 9.29. The molecule has 0 amide bonds. The molecule has 0 aromatic heterocycles. The molecule has 0 aliphatic rings. The molecule has 2 aromatic carbocycles. The topological polar surface area (TPSA) is 40.5 Å². The van der Waals surface area contributed by atoms with E-state index < -0.39 is 0 Å². The Bertz CT molecular complexity index is 475. The van der Waals surface area contributed by atoms with Crippen molar-refractivity contribution in [1.29, 1.82) is 0 Å². The maximum Gasteiger partial charge on any atom is 0.115 e. The predicted octanol–water partition coefficient (Wildman–Crippen LogP) is 3.91. The van der Waals surface area contributed by atoms with E-state index in [1.165, 1.54) is 11.1 Å². The molecule has 0 saturated carbocycles. The molecule has 2 N–H and O–H groups in total. The van der Waals surface area contributed by atoms with Crippen molar-refractivity contribution in [2.45, 2.75) is 26.7 Å². The van der Waals surface area contributed by atoms with Gasteiger partial charge in [0, 0.05) is 0 Å². The van der Waals surface area contributed by atoms with Gasteiger partial charge in [0.1, 0.15) is 11.5 Å². The van der Waals surface area contributed by atoms with Gasteiger partial charge in [0.25, 0.3) is 0 Å². The fraction of sp³-hybridized carbons (Fsp3) is 0.294. The number of rotatable bonds is 4. The molecule has 2 nitrogen and oxygen atoms in total. The molecular weight excluding hydrogens is 236 g/mol. The first-order valence-electron chi connectivity index (χ1n) is 6.50. The van der Waals surface area contributed by atoms with E-state index >= 15 is 0 Å². The monoisotopic (exact) mass is 256 g/mol. The third-order valence-electron chi connectivity index (χ3n) is 3.24. The lowest BCUT2D eigenvalue weighted by molar-refractivity contribution is 0.360. The van der Waals surface area contributed by atoms with Crippen LogP contribution >= 0.6 is 0 Å². The highest BCUT2D eigenvalue weighted by Crippen LogP contribution is 2.28. The van der Waals surface area contributed by atoms with Crippen molar-refractivity contribution in [3.63, 3.8) is 0 Å². The molecule has 0 spiro atoms. The van der Waals surface area contributed by atoms with E-state index in [-0.39, 0.29) is 5.41 Å². The minimum Gasteiger partial charge on any atom is -0.508 e. The summed E-state index contributed by atoms with van der Waals surface area (Å²) < 4.78 is 0. The second-order valence-corrected chi connectivity index (χ2v) is 5.85. The second-order valence-electron chi connectivity index (χ2n) is 5.85. The van der Waals surface area contributed by atoms with Gasteiger partial charge in [-0.2, -0.15) is 0 Å². The third-order valence-corrected chi connectivity index (χ3v) is 3.24. The summed E-state index contributed by atoms with van der Waals surface area (Å²) in [6, 6.07) is 14.8. The first-order valence-corrected chi connectivity index (χ1v) is 6.50. The number of phenolic OH excluding ortho intramolecular Hbond substituents is 2. The predicted molar refractivity (Wildman–Crippen MR) is 77.4 cm³/mol. The van der Waals surface area contributed by atoms with Crippen LogP contribution in [0.4, 0.5) is 0 Å². The number of hydrogen-bond acceptors (Lipinski definition) is 2. The van der Waals surface area contributed by atoms with Gasteiger partial charge >= 0.3 is 0 Å². The summed E-state index contributed by atoms with van der Waals surface area (Å²) in [5.41, 5.74) is 2.58. The van der Waals surface area contributed by atoms with E-state index in [1.807, 2.05) is 24.3 Å². The van der Waals surface area contributed by atoms with Crippen LogP contribution in [0.25, 0.3) is 0 Å². The van der Waals surface area contributed by atoms with Crippen LogP contribution in [0.1, 0.15) is 25.0 Å². The molecule has 0 fully saturated rings. The van der Waals surface area contributed by atoms with Crippen molar-refractivity contribution in [3.8, 4) is 11.5 Å². The highest BCUT2D eigenvalue weighted by atomic mass is 16.3. The van der Waals surface area contributed by atoms with Gasteiger partial charge < -0.3 is 10.2 Å². The van der Waals surface area contributed by atoms with Crippen LogP contribution in [0.2, 0.25) is 0 Å². The molecule has 0 radical (unpaired) electrons. The zero-order valence-electron chi connectivity index (χ0n) is 11.4. The Hall–Kier alpha value is -1.96. The number of hydrogen-bond donors (Lipinski definition) is 2. The standard InChI is InChI=1S/C17H20O2/c1-17(2,11-13-3-7-15(18)8-4-13)12-14-5-9-16(19)10-6-14/h3-10,18-19H,11-12H2,1-2H3. The summed E-state index contributed by atoms with van der Waals surface area (Å²) in [5.74, 6) is 0.611. The van der Waals surface area contributed by atoms with Crippen LogP contribution in [0.3, 0.4) is 0 Å². The molecule has 2 rings (SSSR count). The van der Waals surface area contributed by atoms with Crippen molar-refractivity contribution in [1.82, 2.24) is 0 Å². The van der Waals surface area contributed by atoms with Crippen molar-refractivity contribution in [2.75, 3.05) is 0 Å². The lowest BCUT2D eigenvalue weighted by atomic mass is 9.80. The number of aromatic hydroxyl groups is 2. The Morgan fingerprint density at radius 3 is 1.32 bits per heavy atom. The Morgan fingerprint density at radius 1 is 0.684 bits per heavy atom. The molecule has 0 bridgehead atoms. The van der Waals surface area contributed by atoms with Crippen LogP contribution in [-0.2, 0) is 12.8 Å². The Kier molecular flexibility index (Phi) is 3.79. The van der Waals surface area contributed by atoms with Gasteiger partial charge in [0.15, 0.2) is 0 Å². The van der Waals surface area contributed by atoms with Gasteiger partial charge in [-0.05, 0) is 53.6 Å². The highest BCUT2D eigenvalue weighted by Gasteiger charge is 2.19. The van der Waals surface area contributed by atoms with E-state index in [0.29, 0.717) is 11.5 Å². The SMILES string of the molecule is CC(C)(Cc1ccc(O)cc1)Cc1ccc(O)cc1. The first-order chi connectivity index (χ1) is 8.94. The fourth-order valence-electron chi connectivity index (χ4n) is 2.40. The van der Waals surface area contributed by atoms with Crippen LogP contribution < -0.4 is 0 Å². The smallest absolute Gasteiger partial charge is 0.115 e. The van der Waals surface area contributed by atoms with Crippen LogP contribution in [0.15, 0.2) is 48.5 Å². The van der Waals surface area contributed by atoms with Gasteiger partial charge in [-0.1, -0.05) is 38.1 Å². The number of phenols is 2. The lowest BCUT2D eigenvalue weighted by Gasteiger charge is -2.25. The van der Waals surface area contributed by atoms with E-state index in [4.69, 9.17) is 0 Å². The third kappa shape index (κ3) is 4.02.